The molecule has 0 amide bonds. The minimum Gasteiger partial charge on any atom is -0.465 e. The first kappa shape index (κ1) is 13.0. The standard InChI is InChI=1S/C10H17N3O2S/c1-4-5-6-15-9(14)7-16-10-12-11-8(2)13(10)3/h4-7H2,1-3H3. The molecule has 1 aromatic rings. The molecule has 5 nitrogen and oxygen atoms in total. The Morgan fingerprint density at radius 3 is 2.81 bits per heavy atom. The maximum atomic E-state index is 11.3. The van der Waals surface area contributed by atoms with Crippen molar-refractivity contribution < 1.29 is 9.53 Å². The summed E-state index contributed by atoms with van der Waals surface area (Å²) in [6, 6.07) is 0. The number of thioether (sulfide) groups is 1. The summed E-state index contributed by atoms with van der Waals surface area (Å²) in [5, 5.41) is 8.60. The van der Waals surface area contributed by atoms with Gasteiger partial charge in [-0.3, -0.25) is 4.79 Å². The van der Waals surface area contributed by atoms with E-state index >= 15 is 0 Å². The molecule has 0 N–H and O–H groups in total. The summed E-state index contributed by atoms with van der Waals surface area (Å²) < 4.78 is 6.88. The van der Waals surface area contributed by atoms with Gasteiger partial charge in [0.1, 0.15) is 5.82 Å². The molecule has 0 spiro atoms. The fourth-order valence-electron chi connectivity index (χ4n) is 1.01. The summed E-state index contributed by atoms with van der Waals surface area (Å²) in [6.45, 7) is 4.44. The summed E-state index contributed by atoms with van der Waals surface area (Å²) in [6.07, 6.45) is 1.95. The Morgan fingerprint density at radius 2 is 2.25 bits per heavy atom. The second-order valence-corrected chi connectivity index (χ2v) is 4.39. The number of aryl methyl sites for hydroxylation is 1. The molecule has 0 unspecified atom stereocenters. The molecule has 0 atom stereocenters. The van der Waals surface area contributed by atoms with Crippen LogP contribution in [0.4, 0.5) is 0 Å². The van der Waals surface area contributed by atoms with Crippen molar-refractivity contribution in [3.8, 4) is 0 Å². The van der Waals surface area contributed by atoms with Crippen LogP contribution < -0.4 is 0 Å². The number of aromatic nitrogens is 3. The number of esters is 1. The normalized spacial score (nSPS) is 10.4. The van der Waals surface area contributed by atoms with Gasteiger partial charge in [-0.05, 0) is 13.3 Å². The molecule has 0 fully saturated rings. The van der Waals surface area contributed by atoms with E-state index in [-0.39, 0.29) is 11.7 Å². The molecule has 6 heteroatoms. The van der Waals surface area contributed by atoms with Crippen LogP contribution in [0.2, 0.25) is 0 Å². The minimum atomic E-state index is -0.195. The van der Waals surface area contributed by atoms with E-state index in [1.54, 1.807) is 0 Å². The lowest BCUT2D eigenvalue weighted by molar-refractivity contribution is -0.140. The van der Waals surface area contributed by atoms with Crippen LogP contribution in [-0.2, 0) is 16.6 Å². The van der Waals surface area contributed by atoms with Crippen molar-refractivity contribution >= 4 is 17.7 Å². The lowest BCUT2D eigenvalue weighted by Crippen LogP contribution is -2.09. The topological polar surface area (TPSA) is 57.0 Å². The number of hydrogen-bond donors (Lipinski definition) is 0. The Bertz CT molecular complexity index is 352. The molecule has 0 aliphatic carbocycles. The van der Waals surface area contributed by atoms with Crippen LogP contribution in [0.25, 0.3) is 0 Å². The number of nitrogens with zero attached hydrogens (tertiary/aromatic N) is 3. The molecule has 1 heterocycles. The highest BCUT2D eigenvalue weighted by Crippen LogP contribution is 2.15. The lowest BCUT2D eigenvalue weighted by atomic mass is 10.4. The molecule has 0 saturated carbocycles. The van der Waals surface area contributed by atoms with Gasteiger partial charge in [0.25, 0.3) is 0 Å². The van der Waals surface area contributed by atoms with Gasteiger partial charge >= 0.3 is 5.97 Å². The zero-order valence-corrected chi connectivity index (χ0v) is 10.7. The van der Waals surface area contributed by atoms with E-state index in [0.717, 1.165) is 23.8 Å². The van der Waals surface area contributed by atoms with Crippen molar-refractivity contribution in [2.24, 2.45) is 7.05 Å². The van der Waals surface area contributed by atoms with E-state index in [2.05, 4.69) is 17.1 Å². The Kier molecular flexibility index (Phi) is 5.31. The van der Waals surface area contributed by atoms with E-state index in [9.17, 15) is 4.79 Å². The molecule has 1 rings (SSSR count). The zero-order chi connectivity index (χ0) is 12.0. The molecule has 90 valence electrons. The molecule has 0 saturated heterocycles. The molecular weight excluding hydrogens is 226 g/mol. The second-order valence-electron chi connectivity index (χ2n) is 3.45. The van der Waals surface area contributed by atoms with Crippen molar-refractivity contribution in [2.45, 2.75) is 31.8 Å². The molecule has 0 radical (unpaired) electrons. The van der Waals surface area contributed by atoms with E-state index in [0.29, 0.717) is 6.61 Å². The van der Waals surface area contributed by atoms with E-state index in [4.69, 9.17) is 4.74 Å². The van der Waals surface area contributed by atoms with Gasteiger partial charge in [0.2, 0.25) is 0 Å². The second kappa shape index (κ2) is 6.52. The largest absolute Gasteiger partial charge is 0.465 e. The van der Waals surface area contributed by atoms with Gasteiger partial charge in [0.15, 0.2) is 5.16 Å². The summed E-state index contributed by atoms with van der Waals surface area (Å²) in [7, 11) is 1.88. The monoisotopic (exact) mass is 243 g/mol. The predicted octanol–water partition coefficient (Wildman–Crippen LogP) is 1.56. The molecular formula is C10H17N3O2S. The van der Waals surface area contributed by atoms with Gasteiger partial charge in [-0.15, -0.1) is 10.2 Å². The van der Waals surface area contributed by atoms with Crippen LogP contribution >= 0.6 is 11.8 Å². The minimum absolute atomic E-state index is 0.195. The van der Waals surface area contributed by atoms with Crippen LogP contribution in [0.5, 0.6) is 0 Å². The summed E-state index contributed by atoms with van der Waals surface area (Å²) in [4.78, 5) is 11.3. The highest BCUT2D eigenvalue weighted by molar-refractivity contribution is 7.99. The Morgan fingerprint density at radius 1 is 1.50 bits per heavy atom. The van der Waals surface area contributed by atoms with E-state index < -0.39 is 0 Å². The maximum Gasteiger partial charge on any atom is 0.316 e. The third-order valence-electron chi connectivity index (χ3n) is 2.13. The fourth-order valence-corrected chi connectivity index (χ4v) is 1.76. The van der Waals surface area contributed by atoms with Gasteiger partial charge in [-0.25, -0.2) is 0 Å². The molecule has 0 bridgehead atoms. The maximum absolute atomic E-state index is 11.3. The van der Waals surface area contributed by atoms with Crippen LogP contribution in [0.15, 0.2) is 5.16 Å². The van der Waals surface area contributed by atoms with Gasteiger partial charge in [-0.1, -0.05) is 25.1 Å². The van der Waals surface area contributed by atoms with Gasteiger partial charge in [0.05, 0.1) is 12.4 Å². The van der Waals surface area contributed by atoms with Gasteiger partial charge in [0, 0.05) is 7.05 Å². The number of unbranched alkanes of at least 4 members (excludes halogenated alkanes) is 1. The first-order valence-corrected chi connectivity index (χ1v) is 6.28. The van der Waals surface area contributed by atoms with Crippen molar-refractivity contribution in [1.29, 1.82) is 0 Å². The average molecular weight is 243 g/mol. The predicted molar refractivity (Wildman–Crippen MR) is 62.3 cm³/mol. The molecule has 16 heavy (non-hydrogen) atoms. The van der Waals surface area contributed by atoms with Gasteiger partial charge in [-0.2, -0.15) is 0 Å². The number of hydrogen-bond acceptors (Lipinski definition) is 5. The molecule has 0 aliphatic rings. The summed E-state index contributed by atoms with van der Waals surface area (Å²) in [5.74, 6) is 0.927. The highest BCUT2D eigenvalue weighted by Gasteiger charge is 2.09. The van der Waals surface area contributed by atoms with Crippen molar-refractivity contribution in [3.05, 3.63) is 5.82 Å². The smallest absolute Gasteiger partial charge is 0.316 e. The number of ether oxygens (including phenoxy) is 1. The van der Waals surface area contributed by atoms with Crippen LogP contribution in [0, 0.1) is 6.92 Å². The average Bonchev–Trinajstić information content (AvgIpc) is 2.58. The van der Waals surface area contributed by atoms with Crippen molar-refractivity contribution in [2.75, 3.05) is 12.4 Å². The van der Waals surface area contributed by atoms with Crippen molar-refractivity contribution in [3.63, 3.8) is 0 Å². The van der Waals surface area contributed by atoms with Crippen LogP contribution in [-0.4, -0.2) is 33.1 Å². The fraction of sp³-hybridized carbons (Fsp3) is 0.700. The SMILES string of the molecule is CCCCOC(=O)CSc1nnc(C)n1C. The summed E-state index contributed by atoms with van der Waals surface area (Å²) in [5.41, 5.74) is 0. The summed E-state index contributed by atoms with van der Waals surface area (Å²) >= 11 is 1.35. The first-order valence-electron chi connectivity index (χ1n) is 5.29. The number of carbonyl (C=O) groups is 1. The molecule has 0 aliphatic heterocycles. The third-order valence-corrected chi connectivity index (χ3v) is 3.13. The highest BCUT2D eigenvalue weighted by atomic mass is 32.2. The zero-order valence-electron chi connectivity index (χ0n) is 9.89. The Balaban J connectivity index is 2.29. The van der Waals surface area contributed by atoms with Crippen LogP contribution in [0.1, 0.15) is 25.6 Å². The Hall–Kier alpha value is -1.04. The van der Waals surface area contributed by atoms with E-state index in [1.807, 2.05) is 18.5 Å². The van der Waals surface area contributed by atoms with Crippen LogP contribution in [0.3, 0.4) is 0 Å². The first-order chi connectivity index (χ1) is 7.65. The molecule has 0 aromatic carbocycles. The Labute approximate surface area is 99.6 Å². The number of rotatable bonds is 6. The van der Waals surface area contributed by atoms with Gasteiger partial charge < -0.3 is 9.30 Å². The quantitative estimate of drug-likeness (QED) is 0.431. The van der Waals surface area contributed by atoms with E-state index in [1.165, 1.54) is 11.8 Å². The van der Waals surface area contributed by atoms with Crippen molar-refractivity contribution in [1.82, 2.24) is 14.8 Å². The number of carbonyl (C=O) groups excluding carboxylic acids is 1. The third kappa shape index (κ3) is 3.84. The molecule has 1 aromatic heterocycles. The lowest BCUT2D eigenvalue weighted by Gasteiger charge is -2.03.